The van der Waals surface area contributed by atoms with Gasteiger partial charge < -0.3 is 0 Å². The molecule has 0 atom stereocenters. The summed E-state index contributed by atoms with van der Waals surface area (Å²) in [7, 11) is 0. The fourth-order valence-electron chi connectivity index (χ4n) is 4.25. The van der Waals surface area contributed by atoms with Crippen molar-refractivity contribution in [1.29, 1.82) is 0 Å². The average molecular weight is 616 g/mol. The average Bonchev–Trinajstić information content (AvgIpc) is 2.86. The number of rotatable bonds is 10. The van der Waals surface area contributed by atoms with E-state index in [2.05, 4.69) is 121 Å². The van der Waals surface area contributed by atoms with E-state index in [-0.39, 0.29) is 0 Å². The van der Waals surface area contributed by atoms with Crippen molar-refractivity contribution in [2.45, 2.75) is 28.1 Å². The third-order valence-corrected chi connectivity index (χ3v) is 22.5. The second kappa shape index (κ2) is 12.5. The predicted molar refractivity (Wildman–Crippen MR) is 139 cm³/mol. The summed E-state index contributed by atoms with van der Waals surface area (Å²) in [5.74, 6) is 0. The molecule has 0 saturated carbocycles. The Kier molecular flexibility index (Phi) is 9.14. The van der Waals surface area contributed by atoms with Crippen LogP contribution in [0.2, 0.25) is 8.87 Å². The molecule has 0 nitrogen and oxygen atoms in total. The molecule has 2 radical (unpaired) electrons. The molecule has 4 aromatic rings. The van der Waals surface area contributed by atoms with Gasteiger partial charge in [0, 0.05) is 0 Å². The molecule has 0 aliphatic heterocycles. The predicted octanol–water partition coefficient (Wildman–Crippen LogP) is 4.78. The Labute approximate surface area is 201 Å². The van der Waals surface area contributed by atoms with Crippen molar-refractivity contribution in [2.75, 3.05) is 0 Å². The topological polar surface area (TPSA) is 0 Å². The first-order valence-electron chi connectivity index (χ1n) is 11.3. The van der Waals surface area contributed by atoms with Gasteiger partial charge in [0.15, 0.2) is 0 Å². The van der Waals surface area contributed by atoms with Crippen molar-refractivity contribution < 1.29 is 0 Å². The maximum absolute atomic E-state index is 2.37. The van der Waals surface area contributed by atoms with Gasteiger partial charge >= 0.3 is 203 Å². The molecule has 0 aliphatic carbocycles. The van der Waals surface area contributed by atoms with E-state index in [1.807, 2.05) is 0 Å². The van der Waals surface area contributed by atoms with Gasteiger partial charge in [0.05, 0.1) is 0 Å². The Morgan fingerprint density at radius 1 is 0.323 bits per heavy atom. The number of hydrogen-bond donors (Lipinski definition) is 0. The molecule has 4 rings (SSSR count). The SMILES string of the molecule is c1cc[c]([Sn]([CH2]CCC[CH2][Sn]([c]2ccccc2)[c]2ccccc2)[c]2ccccc2)cc1. The first-order valence-corrected chi connectivity index (χ1v) is 21.1. The summed E-state index contributed by atoms with van der Waals surface area (Å²) in [5, 5.41) is 0. The normalized spacial score (nSPS) is 11.2. The Bertz CT molecular complexity index is 838. The fourth-order valence-corrected chi connectivity index (χ4v) is 19.7. The molecule has 0 aliphatic rings. The minimum atomic E-state index is -1.80. The van der Waals surface area contributed by atoms with Crippen LogP contribution in [0.3, 0.4) is 0 Å². The molecule has 4 aromatic carbocycles. The van der Waals surface area contributed by atoms with Crippen LogP contribution in [-0.4, -0.2) is 39.5 Å². The van der Waals surface area contributed by atoms with Gasteiger partial charge in [-0.3, -0.25) is 0 Å². The van der Waals surface area contributed by atoms with Crippen molar-refractivity contribution >= 4 is 53.8 Å². The molecule has 0 N–H and O–H groups in total. The monoisotopic (exact) mass is 618 g/mol. The molecule has 0 bridgehead atoms. The van der Waals surface area contributed by atoms with Crippen LogP contribution in [0.4, 0.5) is 0 Å². The van der Waals surface area contributed by atoms with Gasteiger partial charge in [-0.25, -0.2) is 0 Å². The van der Waals surface area contributed by atoms with Crippen LogP contribution >= 0.6 is 0 Å². The fraction of sp³-hybridized carbons (Fsp3) is 0.172. The van der Waals surface area contributed by atoms with E-state index in [1.165, 1.54) is 28.1 Å². The first kappa shape index (κ1) is 22.7. The Hall–Kier alpha value is -1.52. The summed E-state index contributed by atoms with van der Waals surface area (Å²) in [6.45, 7) is 0. The molecule has 0 unspecified atom stereocenters. The van der Waals surface area contributed by atoms with Gasteiger partial charge in [-0.05, 0) is 0 Å². The van der Waals surface area contributed by atoms with E-state index >= 15 is 0 Å². The maximum atomic E-state index is 2.37. The summed E-state index contributed by atoms with van der Waals surface area (Å²) in [6, 6.07) is 45.3. The molecule has 2 heteroatoms. The van der Waals surface area contributed by atoms with Gasteiger partial charge in [-0.15, -0.1) is 0 Å². The first-order chi connectivity index (χ1) is 15.4. The van der Waals surface area contributed by atoms with Crippen LogP contribution in [0.1, 0.15) is 19.3 Å². The van der Waals surface area contributed by atoms with Crippen LogP contribution in [-0.2, 0) is 0 Å². The molecule has 0 heterocycles. The van der Waals surface area contributed by atoms with Crippen LogP contribution in [0.5, 0.6) is 0 Å². The Balaban J connectivity index is 1.37. The van der Waals surface area contributed by atoms with E-state index in [4.69, 9.17) is 0 Å². The molecular weight excluding hydrogens is 586 g/mol. The molecule has 0 spiro atoms. The zero-order chi connectivity index (χ0) is 21.1. The van der Waals surface area contributed by atoms with Gasteiger partial charge in [0.25, 0.3) is 0 Å². The van der Waals surface area contributed by atoms with Gasteiger partial charge in [-0.1, -0.05) is 0 Å². The van der Waals surface area contributed by atoms with Crippen molar-refractivity contribution in [3.05, 3.63) is 121 Å². The summed E-state index contributed by atoms with van der Waals surface area (Å²) < 4.78 is 9.40. The Morgan fingerprint density at radius 3 is 0.839 bits per heavy atom. The number of unbranched alkanes of at least 4 members (excludes halogenated alkanes) is 2. The van der Waals surface area contributed by atoms with E-state index < -0.39 is 39.5 Å². The molecule has 31 heavy (non-hydrogen) atoms. The molecule has 0 amide bonds. The van der Waals surface area contributed by atoms with Gasteiger partial charge in [0.1, 0.15) is 0 Å². The summed E-state index contributed by atoms with van der Waals surface area (Å²) in [4.78, 5) is 0. The van der Waals surface area contributed by atoms with Crippen molar-refractivity contribution in [2.24, 2.45) is 0 Å². The van der Waals surface area contributed by atoms with Crippen molar-refractivity contribution in [1.82, 2.24) is 0 Å². The summed E-state index contributed by atoms with van der Waals surface area (Å²) in [6.07, 6.45) is 4.12. The van der Waals surface area contributed by atoms with Gasteiger partial charge in [0.2, 0.25) is 0 Å². The summed E-state index contributed by atoms with van der Waals surface area (Å²) >= 11 is -3.59. The standard InChI is InChI=1S/4C6H5.C5H10.2Sn/c4*1-2-4-6-5-3-1;1-3-5-4-2;;/h4*1-5H;1-5H2;;. The van der Waals surface area contributed by atoms with E-state index in [0.29, 0.717) is 0 Å². The van der Waals surface area contributed by atoms with E-state index in [0.717, 1.165) is 0 Å². The molecule has 0 fully saturated rings. The van der Waals surface area contributed by atoms with Gasteiger partial charge in [-0.2, -0.15) is 0 Å². The van der Waals surface area contributed by atoms with Crippen LogP contribution < -0.4 is 14.3 Å². The zero-order valence-electron chi connectivity index (χ0n) is 18.1. The number of benzene rings is 4. The molecular formula is C29H30Sn2. The molecule has 0 aromatic heterocycles. The third-order valence-electron chi connectivity index (χ3n) is 5.84. The quantitative estimate of drug-likeness (QED) is 0.178. The Morgan fingerprint density at radius 2 is 0.581 bits per heavy atom. The molecule has 154 valence electrons. The van der Waals surface area contributed by atoms with E-state index in [1.54, 1.807) is 14.3 Å². The third kappa shape index (κ3) is 6.73. The zero-order valence-corrected chi connectivity index (χ0v) is 23.8. The van der Waals surface area contributed by atoms with Crippen LogP contribution in [0.25, 0.3) is 0 Å². The second-order valence-corrected chi connectivity index (χ2v) is 22.9. The number of hydrogen-bond acceptors (Lipinski definition) is 0. The minimum absolute atomic E-state index is 1.37. The second-order valence-electron chi connectivity index (χ2n) is 7.98. The molecule has 0 saturated heterocycles. The van der Waals surface area contributed by atoms with Crippen molar-refractivity contribution in [3.63, 3.8) is 0 Å². The van der Waals surface area contributed by atoms with Crippen molar-refractivity contribution in [3.8, 4) is 0 Å². The van der Waals surface area contributed by atoms with E-state index in [9.17, 15) is 0 Å². The van der Waals surface area contributed by atoms with Crippen LogP contribution in [0.15, 0.2) is 121 Å². The van der Waals surface area contributed by atoms with Crippen LogP contribution in [0, 0.1) is 0 Å². The summed E-state index contributed by atoms with van der Waals surface area (Å²) in [5.41, 5.74) is 0.